The summed E-state index contributed by atoms with van der Waals surface area (Å²) in [5, 5.41) is 3.96. The van der Waals surface area contributed by atoms with Crippen molar-refractivity contribution in [3.63, 3.8) is 0 Å². The van der Waals surface area contributed by atoms with E-state index in [1.165, 1.54) is 12.8 Å². The van der Waals surface area contributed by atoms with E-state index in [9.17, 15) is 0 Å². The first-order valence-electron chi connectivity index (χ1n) is 15.1. The topological polar surface area (TPSA) is 0 Å². The van der Waals surface area contributed by atoms with Gasteiger partial charge in [-0.2, -0.15) is 0 Å². The number of fused-ring (bicyclic) bond motifs is 3. The van der Waals surface area contributed by atoms with Crippen molar-refractivity contribution in [2.45, 2.75) is 126 Å². The van der Waals surface area contributed by atoms with Gasteiger partial charge in [0.1, 0.15) is 7.59 Å². The predicted molar refractivity (Wildman–Crippen MR) is 190 cm³/mol. The highest BCUT2D eigenvalue weighted by Crippen LogP contribution is 2.74. The van der Waals surface area contributed by atoms with Gasteiger partial charge in [-0.15, -0.1) is 0 Å². The summed E-state index contributed by atoms with van der Waals surface area (Å²) in [6.07, 6.45) is 3.08. The van der Waals surface area contributed by atoms with Crippen molar-refractivity contribution in [2.24, 2.45) is 0 Å². The summed E-state index contributed by atoms with van der Waals surface area (Å²) in [7, 11) is -9.36. The maximum Gasteiger partial charge on any atom is 0.115 e. The van der Waals surface area contributed by atoms with Crippen LogP contribution in [0.2, 0.25) is 92.2 Å². The molecule has 0 aliphatic carbocycles. The molecular formula is C32H57Si6. The normalized spacial score (nSPS) is 21.3. The van der Waals surface area contributed by atoms with Crippen molar-refractivity contribution in [1.29, 1.82) is 0 Å². The molecule has 0 N–H and O–H groups in total. The summed E-state index contributed by atoms with van der Waals surface area (Å²) < 4.78 is 1.24. The lowest BCUT2D eigenvalue weighted by molar-refractivity contribution is 0.741. The quantitative estimate of drug-likeness (QED) is 0.296. The Hall–Kier alpha value is -0.259. The summed E-state index contributed by atoms with van der Waals surface area (Å²) in [5.74, 6) is 0. The molecule has 0 amide bonds. The molecule has 0 spiro atoms. The molecule has 1 radical (unpaired) electrons. The summed E-state index contributed by atoms with van der Waals surface area (Å²) in [6.45, 7) is 41.9. The van der Waals surface area contributed by atoms with Gasteiger partial charge in [-0.3, -0.25) is 0 Å². The molecule has 0 aromatic heterocycles. The van der Waals surface area contributed by atoms with Gasteiger partial charge in [0.05, 0.1) is 8.31 Å². The molecule has 6 heteroatoms. The zero-order valence-electron chi connectivity index (χ0n) is 27.5. The molecule has 1 fully saturated rings. The second-order valence-corrected chi connectivity index (χ2v) is 52.5. The van der Waals surface area contributed by atoms with Crippen LogP contribution in [-0.2, 0) is 0 Å². The molecule has 209 valence electrons. The van der Waals surface area contributed by atoms with Gasteiger partial charge in [-0.1, -0.05) is 161 Å². The molecule has 2 aromatic rings. The van der Waals surface area contributed by atoms with Crippen LogP contribution in [0.25, 0.3) is 11.1 Å². The molecule has 0 saturated carbocycles. The minimum Gasteiger partial charge on any atom is -0.0696 e. The van der Waals surface area contributed by atoms with E-state index in [1.54, 1.807) is 11.1 Å². The Kier molecular flexibility index (Phi) is 7.16. The van der Waals surface area contributed by atoms with Gasteiger partial charge in [-0.05, 0) is 35.1 Å². The van der Waals surface area contributed by atoms with Crippen molar-refractivity contribution >= 4 is 58.6 Å². The molecule has 1 saturated heterocycles. The number of hydrogen-bond acceptors (Lipinski definition) is 0. The molecule has 2 aliphatic rings. The molecular weight excluding hydrogens is 553 g/mol. The van der Waals surface area contributed by atoms with Crippen molar-refractivity contribution < 1.29 is 0 Å². The van der Waals surface area contributed by atoms with Gasteiger partial charge < -0.3 is 0 Å². The molecule has 2 aliphatic heterocycles. The lowest BCUT2D eigenvalue weighted by Crippen LogP contribution is -2.84. The Bertz CT molecular complexity index is 1100. The SMILES string of the molecule is CC(C)(C)[Si]1([Si]2C([Si](C)(C)C)([Si](C)(C)C)CCC2([Si](C)(C)C)[Si](C)(C)C)c2ccccc2-c2ccccc21. The average Bonchev–Trinajstić information content (AvgIpc) is 3.26. The molecule has 4 rings (SSSR count). The molecule has 0 atom stereocenters. The summed E-state index contributed by atoms with van der Waals surface area (Å²) in [6, 6.07) is 19.8. The van der Waals surface area contributed by atoms with E-state index in [-0.39, 0.29) is 5.04 Å². The van der Waals surface area contributed by atoms with Gasteiger partial charge in [0.25, 0.3) is 0 Å². The van der Waals surface area contributed by atoms with E-state index < -0.39 is 48.2 Å². The van der Waals surface area contributed by atoms with E-state index in [0.717, 1.165) is 0 Å². The minimum atomic E-state index is -2.21. The Morgan fingerprint density at radius 3 is 1.11 bits per heavy atom. The first kappa shape index (κ1) is 30.7. The fraction of sp³-hybridized carbons (Fsp3) is 0.625. The Labute approximate surface area is 242 Å². The Morgan fingerprint density at radius 1 is 0.553 bits per heavy atom. The van der Waals surface area contributed by atoms with Gasteiger partial charge in [-0.25, -0.2) is 0 Å². The van der Waals surface area contributed by atoms with E-state index >= 15 is 0 Å². The first-order chi connectivity index (χ1) is 17.0. The third-order valence-electron chi connectivity index (χ3n) is 11.3. The van der Waals surface area contributed by atoms with Crippen LogP contribution >= 0.6 is 0 Å². The van der Waals surface area contributed by atoms with Crippen LogP contribution in [-0.4, -0.2) is 48.2 Å². The average molecular weight is 610 g/mol. The van der Waals surface area contributed by atoms with Crippen LogP contribution in [0.3, 0.4) is 0 Å². The third kappa shape index (κ3) is 3.72. The molecule has 0 unspecified atom stereocenters. The Morgan fingerprint density at radius 2 is 0.842 bits per heavy atom. The van der Waals surface area contributed by atoms with Crippen LogP contribution in [0.1, 0.15) is 33.6 Å². The smallest absolute Gasteiger partial charge is 0.0696 e. The molecule has 38 heavy (non-hydrogen) atoms. The van der Waals surface area contributed by atoms with Crippen molar-refractivity contribution in [3.05, 3.63) is 48.5 Å². The van der Waals surface area contributed by atoms with E-state index in [4.69, 9.17) is 0 Å². The number of rotatable bonds is 5. The van der Waals surface area contributed by atoms with Crippen molar-refractivity contribution in [2.75, 3.05) is 0 Å². The van der Waals surface area contributed by atoms with E-state index in [2.05, 4.69) is 148 Å². The molecule has 2 aromatic carbocycles. The molecule has 2 heterocycles. The monoisotopic (exact) mass is 609 g/mol. The summed E-state index contributed by atoms with van der Waals surface area (Å²) in [5.41, 5.74) is 3.21. The minimum absolute atomic E-state index is 0.281. The van der Waals surface area contributed by atoms with Crippen LogP contribution in [0, 0.1) is 0 Å². The maximum atomic E-state index is 2.82. The first-order valence-corrected chi connectivity index (χ1v) is 33.6. The second-order valence-electron chi connectivity index (χ2n) is 17.8. The lowest BCUT2D eigenvalue weighted by atomic mass is 10.1. The second kappa shape index (κ2) is 8.87. The highest BCUT2D eigenvalue weighted by atomic mass is 29.2. The number of benzene rings is 2. The summed E-state index contributed by atoms with van der Waals surface area (Å²) >= 11 is 0. The van der Waals surface area contributed by atoms with Crippen molar-refractivity contribution in [1.82, 2.24) is 0 Å². The van der Waals surface area contributed by atoms with Gasteiger partial charge in [0.15, 0.2) is 0 Å². The predicted octanol–water partition coefficient (Wildman–Crippen LogP) is 9.39. The number of hydrogen-bond donors (Lipinski definition) is 0. The van der Waals surface area contributed by atoms with E-state index in [1.807, 2.05) is 10.4 Å². The van der Waals surface area contributed by atoms with Crippen LogP contribution in [0.5, 0.6) is 0 Å². The maximum absolute atomic E-state index is 2.82. The van der Waals surface area contributed by atoms with Crippen LogP contribution in [0.15, 0.2) is 48.5 Å². The Balaban J connectivity index is 2.38. The summed E-state index contributed by atoms with van der Waals surface area (Å²) in [4.78, 5) is 0. The van der Waals surface area contributed by atoms with Gasteiger partial charge in [0.2, 0.25) is 0 Å². The largest absolute Gasteiger partial charge is 0.115 e. The van der Waals surface area contributed by atoms with Crippen molar-refractivity contribution in [3.8, 4) is 11.1 Å². The van der Waals surface area contributed by atoms with E-state index in [0.29, 0.717) is 8.57 Å². The van der Waals surface area contributed by atoms with Gasteiger partial charge >= 0.3 is 0 Å². The third-order valence-corrected chi connectivity index (χ3v) is 62.9. The lowest BCUT2D eigenvalue weighted by Gasteiger charge is -2.67. The van der Waals surface area contributed by atoms with Crippen LogP contribution in [0.4, 0.5) is 0 Å². The van der Waals surface area contributed by atoms with Crippen LogP contribution < -0.4 is 10.4 Å². The fourth-order valence-corrected chi connectivity index (χ4v) is 86.0. The van der Waals surface area contributed by atoms with Gasteiger partial charge in [0, 0.05) is 32.3 Å². The fourth-order valence-electron chi connectivity index (χ4n) is 10.6. The highest BCUT2D eigenvalue weighted by Gasteiger charge is 2.79. The molecule has 0 bridgehead atoms. The highest BCUT2D eigenvalue weighted by molar-refractivity contribution is 7.56. The zero-order valence-corrected chi connectivity index (χ0v) is 33.5. The molecule has 0 nitrogen and oxygen atoms in total. The standard InChI is InChI=1S/C32H57Si6/c1-30(2,3)38(28-22-18-16-20-26(28)27-21-17-19-23-29(27)38)33-31(34(4,5)6,35(7,8)9)24-25-32(33,36(10,11)12)37(13,14)15/h16-23H,24-25H2,1-15H3. The zero-order chi connectivity index (χ0) is 29.0.